The minimum atomic E-state index is -4.86. The Morgan fingerprint density at radius 1 is 1.11 bits per heavy atom. The number of hydrogen-bond acceptors (Lipinski definition) is 4. The second-order valence-electron chi connectivity index (χ2n) is 5.68. The van der Waals surface area contributed by atoms with Crippen molar-refractivity contribution in [2.45, 2.75) is 11.1 Å². The first kappa shape index (κ1) is 18.8. The van der Waals surface area contributed by atoms with Crippen LogP contribution in [0.15, 0.2) is 53.4 Å². The van der Waals surface area contributed by atoms with Crippen molar-refractivity contribution in [1.29, 1.82) is 0 Å². The van der Waals surface area contributed by atoms with Crippen molar-refractivity contribution in [2.24, 2.45) is 0 Å². The number of rotatable bonds is 4. The van der Waals surface area contributed by atoms with Gasteiger partial charge in [-0.3, -0.25) is 4.31 Å². The molecule has 0 aliphatic rings. The Kier molecular flexibility index (Phi) is 4.38. The molecule has 0 atom stereocenters. The summed E-state index contributed by atoms with van der Waals surface area (Å²) in [6.45, 7) is 0. The van der Waals surface area contributed by atoms with E-state index >= 15 is 0 Å². The number of hydrogen-bond donors (Lipinski definition) is 1. The second kappa shape index (κ2) is 6.31. The summed E-state index contributed by atoms with van der Waals surface area (Å²) in [6, 6.07) is 9.45. The van der Waals surface area contributed by atoms with Crippen LogP contribution < -0.4 is 9.41 Å². The number of aromatic nitrogens is 1. The van der Waals surface area contributed by atoms with Crippen LogP contribution >= 0.6 is 0 Å². The topological polar surface area (TPSA) is 93.3 Å². The van der Waals surface area contributed by atoms with Crippen molar-refractivity contribution in [1.82, 2.24) is 4.98 Å². The Labute approximate surface area is 151 Å². The summed E-state index contributed by atoms with van der Waals surface area (Å²) in [6.07, 6.45) is -4.86. The molecule has 6 nitrogen and oxygen atoms in total. The smallest absolute Gasteiger partial charge is 0.417 e. The van der Waals surface area contributed by atoms with Gasteiger partial charge in [-0.15, -0.1) is 0 Å². The lowest BCUT2D eigenvalue weighted by Gasteiger charge is -2.22. The third kappa shape index (κ3) is 3.23. The Balaban J connectivity index is 2.18. The molecule has 0 aliphatic heterocycles. The molecule has 2 aromatic carbocycles. The summed E-state index contributed by atoms with van der Waals surface area (Å²) in [5.41, 5.74) is -1.42. The first-order valence-electron chi connectivity index (χ1n) is 7.51. The number of halogens is 3. The zero-order chi connectivity index (χ0) is 20.0. The van der Waals surface area contributed by atoms with Crippen molar-refractivity contribution in [3.05, 3.63) is 59.8 Å². The molecule has 0 spiro atoms. The number of nitrogens with one attached hydrogen (secondary N) is 1. The molecule has 3 aromatic rings. The third-order valence-corrected chi connectivity index (χ3v) is 5.85. The number of carboxylic acid groups (broad SMARTS) is 1. The minimum Gasteiger partial charge on any atom is -0.543 e. The number of aromatic amines is 1. The fraction of sp³-hybridized carbons (Fsp3) is 0.118. The highest BCUT2D eigenvalue weighted by molar-refractivity contribution is 7.92. The number of carbonyl (C=O) groups excluding carboxylic acids is 1. The predicted molar refractivity (Wildman–Crippen MR) is 89.7 cm³/mol. The van der Waals surface area contributed by atoms with Gasteiger partial charge in [0.1, 0.15) is 0 Å². The van der Waals surface area contributed by atoms with Crippen LogP contribution in [0.25, 0.3) is 10.9 Å². The molecule has 1 aromatic heterocycles. The van der Waals surface area contributed by atoms with Crippen LogP contribution in [-0.4, -0.2) is 26.4 Å². The van der Waals surface area contributed by atoms with Gasteiger partial charge < -0.3 is 14.9 Å². The molecule has 0 saturated carbocycles. The van der Waals surface area contributed by atoms with Gasteiger partial charge in [0, 0.05) is 12.4 Å². The third-order valence-electron chi connectivity index (χ3n) is 4.02. The molecule has 142 valence electrons. The summed E-state index contributed by atoms with van der Waals surface area (Å²) < 4.78 is 66.1. The van der Waals surface area contributed by atoms with Crippen molar-refractivity contribution in [2.75, 3.05) is 11.4 Å². The van der Waals surface area contributed by atoms with E-state index in [0.717, 1.165) is 19.2 Å². The molecule has 0 aliphatic carbocycles. The number of carboxylic acids is 1. The summed E-state index contributed by atoms with van der Waals surface area (Å²) in [5.74, 6) is -1.50. The van der Waals surface area contributed by atoms with E-state index in [1.165, 1.54) is 30.3 Å². The maximum absolute atomic E-state index is 13.2. The van der Waals surface area contributed by atoms with Gasteiger partial charge in [-0.2, -0.15) is 13.2 Å². The van der Waals surface area contributed by atoms with Gasteiger partial charge in [-0.05, 0) is 24.3 Å². The van der Waals surface area contributed by atoms with E-state index < -0.39 is 32.6 Å². The number of fused-ring (bicyclic) bond motifs is 1. The number of H-pyrrole nitrogens is 1. The highest BCUT2D eigenvalue weighted by Crippen LogP contribution is 2.37. The fourth-order valence-corrected chi connectivity index (χ4v) is 4.13. The number of aromatic carboxylic acids is 1. The lowest BCUT2D eigenvalue weighted by molar-refractivity contribution is -0.255. The zero-order valence-corrected chi connectivity index (χ0v) is 14.6. The van der Waals surface area contributed by atoms with Crippen LogP contribution in [-0.2, 0) is 16.2 Å². The highest BCUT2D eigenvalue weighted by atomic mass is 32.2. The predicted octanol–water partition coefficient (Wildman–Crippen LogP) is 2.38. The fourth-order valence-electron chi connectivity index (χ4n) is 2.72. The van der Waals surface area contributed by atoms with Gasteiger partial charge in [0.2, 0.25) is 0 Å². The number of anilines is 1. The minimum absolute atomic E-state index is 0.00280. The molecular formula is C17H12F3N2O4S-. The summed E-state index contributed by atoms with van der Waals surface area (Å²) in [5, 5.41) is 11.4. The SMILES string of the molecule is CN(c1cccc2cc(C(=O)[O-])[nH]c12)S(=O)(=O)c1ccccc1C(F)(F)F. The van der Waals surface area contributed by atoms with E-state index in [1.54, 1.807) is 0 Å². The van der Waals surface area contributed by atoms with Crippen LogP contribution in [0.2, 0.25) is 0 Å². The molecule has 10 heteroatoms. The second-order valence-corrected chi connectivity index (χ2v) is 7.62. The Morgan fingerprint density at radius 2 is 1.78 bits per heavy atom. The molecular weight excluding hydrogens is 385 g/mol. The van der Waals surface area contributed by atoms with Crippen molar-refractivity contribution < 1.29 is 31.5 Å². The Hall–Kier alpha value is -3.01. The van der Waals surface area contributed by atoms with Crippen molar-refractivity contribution >= 4 is 32.6 Å². The summed E-state index contributed by atoms with van der Waals surface area (Å²) >= 11 is 0. The lowest BCUT2D eigenvalue weighted by atomic mass is 10.2. The average molecular weight is 397 g/mol. The number of benzene rings is 2. The monoisotopic (exact) mass is 397 g/mol. The van der Waals surface area contributed by atoms with Crippen LogP contribution in [0.4, 0.5) is 18.9 Å². The molecule has 0 unspecified atom stereocenters. The number of carbonyl (C=O) groups is 1. The number of nitrogens with zero attached hydrogens (tertiary/aromatic N) is 1. The van der Waals surface area contributed by atoms with Gasteiger partial charge in [-0.25, -0.2) is 8.42 Å². The van der Waals surface area contributed by atoms with E-state index in [0.29, 0.717) is 15.8 Å². The molecule has 0 bridgehead atoms. The molecule has 0 radical (unpaired) electrons. The quantitative estimate of drug-likeness (QED) is 0.732. The van der Waals surface area contributed by atoms with E-state index in [-0.39, 0.29) is 16.9 Å². The number of alkyl halides is 3. The molecule has 1 heterocycles. The molecule has 27 heavy (non-hydrogen) atoms. The molecule has 0 fully saturated rings. The van der Waals surface area contributed by atoms with Crippen LogP contribution in [0.5, 0.6) is 0 Å². The summed E-state index contributed by atoms with van der Waals surface area (Å²) in [4.78, 5) is 12.6. The standard InChI is InChI=1S/C17H13F3N2O4S/c1-22(13-7-4-5-10-9-12(16(23)24)21-15(10)13)27(25,26)14-8-3-2-6-11(14)17(18,19)20/h2-9,21H,1H3,(H,23,24)/p-1. The van der Waals surface area contributed by atoms with Crippen LogP contribution in [0.1, 0.15) is 16.1 Å². The van der Waals surface area contributed by atoms with E-state index in [1.807, 2.05) is 0 Å². The highest BCUT2D eigenvalue weighted by Gasteiger charge is 2.38. The Morgan fingerprint density at radius 3 is 2.41 bits per heavy atom. The van der Waals surface area contributed by atoms with Gasteiger partial charge >= 0.3 is 6.18 Å². The van der Waals surface area contributed by atoms with E-state index in [2.05, 4.69) is 4.98 Å². The van der Waals surface area contributed by atoms with Gasteiger partial charge in [-0.1, -0.05) is 24.3 Å². The first-order chi connectivity index (χ1) is 12.5. The van der Waals surface area contributed by atoms with E-state index in [4.69, 9.17) is 0 Å². The zero-order valence-electron chi connectivity index (χ0n) is 13.7. The van der Waals surface area contributed by atoms with E-state index in [9.17, 15) is 31.5 Å². The molecule has 3 rings (SSSR count). The summed E-state index contributed by atoms with van der Waals surface area (Å²) in [7, 11) is -3.48. The normalized spacial score (nSPS) is 12.3. The van der Waals surface area contributed by atoms with Gasteiger partial charge in [0.05, 0.1) is 33.3 Å². The maximum atomic E-state index is 13.2. The molecule has 0 amide bonds. The average Bonchev–Trinajstić information content (AvgIpc) is 3.05. The van der Waals surface area contributed by atoms with Crippen LogP contribution in [0, 0.1) is 0 Å². The van der Waals surface area contributed by atoms with Crippen LogP contribution in [0.3, 0.4) is 0 Å². The van der Waals surface area contributed by atoms with Gasteiger partial charge in [0.25, 0.3) is 10.0 Å². The molecule has 0 saturated heterocycles. The largest absolute Gasteiger partial charge is 0.543 e. The van der Waals surface area contributed by atoms with Gasteiger partial charge in [0.15, 0.2) is 0 Å². The maximum Gasteiger partial charge on any atom is 0.417 e. The molecule has 1 N–H and O–H groups in total. The number of sulfonamides is 1. The first-order valence-corrected chi connectivity index (χ1v) is 8.95. The Bertz CT molecular complexity index is 1140. The van der Waals surface area contributed by atoms with Crippen molar-refractivity contribution in [3.8, 4) is 0 Å². The lowest BCUT2D eigenvalue weighted by Crippen LogP contribution is -2.29. The number of para-hydroxylation sites is 1. The van der Waals surface area contributed by atoms with Crippen molar-refractivity contribution in [3.63, 3.8) is 0 Å².